The van der Waals surface area contributed by atoms with E-state index >= 15 is 0 Å². The summed E-state index contributed by atoms with van der Waals surface area (Å²) in [5.74, 6) is -4.83. The fraction of sp³-hybridized carbons (Fsp3) is 0.875. The molecule has 4 atom stereocenters. The molecule has 6 nitrogen and oxygen atoms in total. The molecule has 2 heterocycles. The third-order valence-electron chi connectivity index (χ3n) is 4.80. The molecule has 0 aromatic carbocycles. The van der Waals surface area contributed by atoms with Gasteiger partial charge in [-0.05, 0) is 25.2 Å². The van der Waals surface area contributed by atoms with Gasteiger partial charge in [-0.25, -0.2) is 4.79 Å². The van der Waals surface area contributed by atoms with E-state index in [1.54, 1.807) is 0 Å². The number of aliphatic carboxylic acids is 1. The van der Waals surface area contributed by atoms with Gasteiger partial charge in [0.05, 0.1) is 24.0 Å². The molecule has 0 spiro atoms. The third-order valence-corrected chi connectivity index (χ3v) is 4.80. The quantitative estimate of drug-likeness (QED) is 0.801. The Morgan fingerprint density at radius 3 is 2.52 bits per heavy atom. The highest BCUT2D eigenvalue weighted by atomic mass is 19.4. The van der Waals surface area contributed by atoms with Gasteiger partial charge in [0.15, 0.2) is 0 Å². The van der Waals surface area contributed by atoms with Gasteiger partial charge in [-0.15, -0.1) is 0 Å². The van der Waals surface area contributed by atoms with Gasteiger partial charge in [-0.3, -0.25) is 4.79 Å². The van der Waals surface area contributed by atoms with Crippen LogP contribution in [0.5, 0.6) is 0 Å². The Bertz CT molecular complexity index is 498. The van der Waals surface area contributed by atoms with Crippen LogP contribution in [0.25, 0.3) is 0 Å². The maximum atomic E-state index is 13.0. The first-order chi connectivity index (χ1) is 11.6. The van der Waals surface area contributed by atoms with E-state index in [1.807, 2.05) is 13.8 Å². The molecule has 9 heteroatoms. The number of nitrogens with one attached hydrogen (secondary N) is 1. The van der Waals surface area contributed by atoms with Crippen molar-refractivity contribution in [3.63, 3.8) is 0 Å². The number of rotatable bonds is 4. The standard InChI is InChI=1S/C16H25F3N2O4/c1-9(2)6-13-12(4-3-5-25-13)20-15(24)21-7-10(14(22)23)11(8-21)16(17,18)19/h9-13H,3-8H2,1-2H3,(H,20,24)(H,22,23)/t10-,11-,12?,13?/m1/s1. The fourth-order valence-corrected chi connectivity index (χ4v) is 3.50. The number of hydrogen-bond acceptors (Lipinski definition) is 3. The van der Waals surface area contributed by atoms with Crippen LogP contribution >= 0.6 is 0 Å². The first-order valence-corrected chi connectivity index (χ1v) is 8.56. The number of ether oxygens (including phenoxy) is 1. The Morgan fingerprint density at radius 1 is 1.32 bits per heavy atom. The molecular formula is C16H25F3N2O4. The SMILES string of the molecule is CC(C)CC1OCCCC1NC(=O)N1C[C@@H](C(F)(F)F)[C@H](C(=O)O)C1. The molecule has 0 saturated carbocycles. The summed E-state index contributed by atoms with van der Waals surface area (Å²) < 4.78 is 44.8. The topological polar surface area (TPSA) is 78.9 Å². The van der Waals surface area contributed by atoms with E-state index in [2.05, 4.69) is 5.32 Å². The van der Waals surface area contributed by atoms with Crippen LogP contribution < -0.4 is 5.32 Å². The summed E-state index contributed by atoms with van der Waals surface area (Å²) in [5, 5.41) is 11.8. The monoisotopic (exact) mass is 366 g/mol. The van der Waals surface area contributed by atoms with Crippen LogP contribution in [0.2, 0.25) is 0 Å². The molecule has 2 aliphatic heterocycles. The average molecular weight is 366 g/mol. The molecule has 2 aliphatic rings. The van der Waals surface area contributed by atoms with Gasteiger partial charge in [0.2, 0.25) is 0 Å². The fourth-order valence-electron chi connectivity index (χ4n) is 3.50. The van der Waals surface area contributed by atoms with E-state index in [-0.39, 0.29) is 12.1 Å². The van der Waals surface area contributed by atoms with Crippen LogP contribution in [0.15, 0.2) is 0 Å². The molecule has 2 unspecified atom stereocenters. The minimum atomic E-state index is -4.65. The number of urea groups is 1. The summed E-state index contributed by atoms with van der Waals surface area (Å²) in [4.78, 5) is 24.5. The first-order valence-electron chi connectivity index (χ1n) is 8.56. The number of nitrogens with zero attached hydrogens (tertiary/aromatic N) is 1. The van der Waals surface area contributed by atoms with Crippen molar-refractivity contribution in [3.8, 4) is 0 Å². The molecule has 2 N–H and O–H groups in total. The maximum Gasteiger partial charge on any atom is 0.394 e. The molecule has 2 fully saturated rings. The van der Waals surface area contributed by atoms with Crippen molar-refractivity contribution in [1.29, 1.82) is 0 Å². The summed E-state index contributed by atoms with van der Waals surface area (Å²) >= 11 is 0. The number of halogens is 3. The van der Waals surface area contributed by atoms with Crippen molar-refractivity contribution in [3.05, 3.63) is 0 Å². The van der Waals surface area contributed by atoms with Gasteiger partial charge in [0.25, 0.3) is 0 Å². The first kappa shape index (κ1) is 19.8. The van der Waals surface area contributed by atoms with Crippen LogP contribution in [-0.2, 0) is 9.53 Å². The van der Waals surface area contributed by atoms with Crippen molar-refractivity contribution in [2.24, 2.45) is 17.8 Å². The Labute approximate surface area is 144 Å². The number of hydrogen-bond donors (Lipinski definition) is 2. The lowest BCUT2D eigenvalue weighted by molar-refractivity contribution is -0.187. The van der Waals surface area contributed by atoms with Crippen LogP contribution in [0.4, 0.5) is 18.0 Å². The summed E-state index contributed by atoms with van der Waals surface area (Å²) in [6.07, 6.45) is -2.61. The van der Waals surface area contributed by atoms with Crippen LogP contribution in [0.1, 0.15) is 33.1 Å². The summed E-state index contributed by atoms with van der Waals surface area (Å²) in [6.45, 7) is 3.60. The van der Waals surface area contributed by atoms with Crippen LogP contribution in [0.3, 0.4) is 0 Å². The Balaban J connectivity index is 2.01. The molecule has 0 aromatic heterocycles. The summed E-state index contributed by atoms with van der Waals surface area (Å²) in [6, 6.07) is -0.917. The van der Waals surface area contributed by atoms with E-state index in [0.29, 0.717) is 18.9 Å². The predicted molar refractivity (Wildman–Crippen MR) is 83.0 cm³/mol. The van der Waals surface area contributed by atoms with E-state index in [0.717, 1.165) is 17.7 Å². The van der Waals surface area contributed by atoms with Crippen molar-refractivity contribution < 1.29 is 32.6 Å². The van der Waals surface area contributed by atoms with Gasteiger partial charge in [-0.1, -0.05) is 13.8 Å². The second-order valence-corrected chi connectivity index (χ2v) is 7.23. The Morgan fingerprint density at radius 2 is 2.00 bits per heavy atom. The van der Waals surface area contributed by atoms with Gasteiger partial charge in [-0.2, -0.15) is 13.2 Å². The highest BCUT2D eigenvalue weighted by molar-refractivity contribution is 5.78. The van der Waals surface area contributed by atoms with Gasteiger partial charge >= 0.3 is 18.2 Å². The van der Waals surface area contributed by atoms with Gasteiger partial charge in [0, 0.05) is 19.7 Å². The Kier molecular flexibility index (Phi) is 6.18. The second kappa shape index (κ2) is 7.80. The highest BCUT2D eigenvalue weighted by Crippen LogP contribution is 2.37. The largest absolute Gasteiger partial charge is 0.481 e. The lowest BCUT2D eigenvalue weighted by Gasteiger charge is -2.34. The highest BCUT2D eigenvalue weighted by Gasteiger charge is 2.53. The molecule has 2 saturated heterocycles. The Hall–Kier alpha value is -1.51. The lowest BCUT2D eigenvalue weighted by Crippen LogP contribution is -2.51. The van der Waals surface area contributed by atoms with Gasteiger partial charge in [0.1, 0.15) is 0 Å². The van der Waals surface area contributed by atoms with Crippen molar-refractivity contribution >= 4 is 12.0 Å². The number of carbonyl (C=O) groups excluding carboxylic acids is 1. The lowest BCUT2D eigenvalue weighted by atomic mass is 9.95. The van der Waals surface area contributed by atoms with Crippen molar-refractivity contribution in [1.82, 2.24) is 10.2 Å². The second-order valence-electron chi connectivity index (χ2n) is 7.23. The van der Waals surface area contributed by atoms with E-state index in [9.17, 15) is 22.8 Å². The number of alkyl halides is 3. The number of carbonyl (C=O) groups is 2. The predicted octanol–water partition coefficient (Wildman–Crippen LogP) is 2.48. The maximum absolute atomic E-state index is 13.0. The van der Waals surface area contributed by atoms with Crippen LogP contribution in [-0.4, -0.2) is 60.0 Å². The minimum Gasteiger partial charge on any atom is -0.481 e. The molecule has 25 heavy (non-hydrogen) atoms. The van der Waals surface area contributed by atoms with E-state index in [1.165, 1.54) is 0 Å². The summed E-state index contributed by atoms with van der Waals surface area (Å²) in [5.41, 5.74) is 0. The van der Waals surface area contributed by atoms with E-state index < -0.39 is 43.1 Å². The zero-order valence-electron chi connectivity index (χ0n) is 14.4. The number of likely N-dealkylation sites (tertiary alicyclic amines) is 1. The minimum absolute atomic E-state index is 0.172. The average Bonchev–Trinajstić information content (AvgIpc) is 2.94. The molecule has 0 aliphatic carbocycles. The molecule has 0 radical (unpaired) electrons. The summed E-state index contributed by atoms with van der Waals surface area (Å²) in [7, 11) is 0. The zero-order valence-corrected chi connectivity index (χ0v) is 14.4. The normalized spacial score (nSPS) is 30.6. The van der Waals surface area contributed by atoms with Gasteiger partial charge < -0.3 is 20.1 Å². The zero-order chi connectivity index (χ0) is 18.8. The molecule has 0 bridgehead atoms. The molecule has 144 valence electrons. The number of amides is 2. The molecule has 2 rings (SSSR count). The van der Waals surface area contributed by atoms with E-state index in [4.69, 9.17) is 9.84 Å². The molecule has 2 amide bonds. The third kappa shape index (κ3) is 4.99. The van der Waals surface area contributed by atoms with Crippen molar-refractivity contribution in [2.75, 3.05) is 19.7 Å². The molecular weight excluding hydrogens is 341 g/mol. The smallest absolute Gasteiger partial charge is 0.394 e. The van der Waals surface area contributed by atoms with Crippen LogP contribution in [0, 0.1) is 17.8 Å². The molecule has 0 aromatic rings. The number of carboxylic acids is 1. The number of carboxylic acid groups (broad SMARTS) is 1. The van der Waals surface area contributed by atoms with Crippen molar-refractivity contribution in [2.45, 2.75) is 51.4 Å².